The average molecular weight is 403 g/mol. The number of hydrogen-bond acceptors (Lipinski definition) is 4. The van der Waals surface area contributed by atoms with Gasteiger partial charge in [-0.15, -0.1) is 0 Å². The predicted molar refractivity (Wildman–Crippen MR) is 111 cm³/mol. The highest BCUT2D eigenvalue weighted by Crippen LogP contribution is 2.45. The van der Waals surface area contributed by atoms with Gasteiger partial charge in [-0.3, -0.25) is 0 Å². The maximum Gasteiger partial charge on any atom is 0.123 e. The van der Waals surface area contributed by atoms with E-state index in [9.17, 15) is 4.39 Å². The average Bonchev–Trinajstić information content (AvgIpc) is 3.10. The molecule has 2 heterocycles. The lowest BCUT2D eigenvalue weighted by Gasteiger charge is -2.25. The minimum Gasteiger partial charge on any atom is -0.308 e. The summed E-state index contributed by atoms with van der Waals surface area (Å²) in [6.45, 7) is 11.3. The van der Waals surface area contributed by atoms with E-state index in [2.05, 4.69) is 41.2 Å². The van der Waals surface area contributed by atoms with Crippen LogP contribution in [0.2, 0.25) is 5.02 Å². The lowest BCUT2D eigenvalue weighted by Crippen LogP contribution is -2.33. The standard InChI is InChI=1S/C22H28ClFN4/c1-22(2,3)8-9-28-12-17-18(13-28)21(17)25-11-15-5-7-20(27-26-15)16-10-14(24)4-6-19(16)23/h4-7,10,17-18,21,25H,8-9,11-13H2,1-3H3/t17-,18+,21-. The van der Waals surface area contributed by atoms with E-state index >= 15 is 0 Å². The van der Waals surface area contributed by atoms with Crippen molar-refractivity contribution in [3.63, 3.8) is 0 Å². The minimum absolute atomic E-state index is 0.330. The van der Waals surface area contributed by atoms with Gasteiger partial charge in [0, 0.05) is 31.2 Å². The number of aromatic nitrogens is 2. The first kappa shape index (κ1) is 19.7. The molecule has 1 aromatic heterocycles. The smallest absolute Gasteiger partial charge is 0.123 e. The van der Waals surface area contributed by atoms with Crippen molar-refractivity contribution in [3.05, 3.63) is 46.9 Å². The first-order chi connectivity index (χ1) is 13.3. The number of nitrogens with one attached hydrogen (secondary N) is 1. The van der Waals surface area contributed by atoms with Crippen molar-refractivity contribution in [2.75, 3.05) is 19.6 Å². The van der Waals surface area contributed by atoms with Gasteiger partial charge in [0.1, 0.15) is 5.82 Å². The minimum atomic E-state index is -0.330. The fourth-order valence-electron chi connectivity index (χ4n) is 4.11. The molecule has 28 heavy (non-hydrogen) atoms. The van der Waals surface area contributed by atoms with Crippen LogP contribution < -0.4 is 5.32 Å². The number of likely N-dealkylation sites (tertiary alicyclic amines) is 1. The van der Waals surface area contributed by atoms with Gasteiger partial charge in [0.2, 0.25) is 0 Å². The van der Waals surface area contributed by atoms with Crippen molar-refractivity contribution < 1.29 is 4.39 Å². The van der Waals surface area contributed by atoms with Crippen LogP contribution in [0.3, 0.4) is 0 Å². The molecule has 2 aliphatic rings. The monoisotopic (exact) mass is 402 g/mol. The Morgan fingerprint density at radius 3 is 2.54 bits per heavy atom. The van der Waals surface area contributed by atoms with Crippen LogP contribution in [0.25, 0.3) is 11.3 Å². The molecule has 4 nitrogen and oxygen atoms in total. The van der Waals surface area contributed by atoms with Crippen LogP contribution in [0.1, 0.15) is 32.9 Å². The van der Waals surface area contributed by atoms with Gasteiger partial charge in [-0.1, -0.05) is 32.4 Å². The molecule has 2 fully saturated rings. The van der Waals surface area contributed by atoms with Crippen molar-refractivity contribution in [3.8, 4) is 11.3 Å². The first-order valence-corrected chi connectivity index (χ1v) is 10.4. The fourth-order valence-corrected chi connectivity index (χ4v) is 4.32. The molecule has 1 aliphatic heterocycles. The van der Waals surface area contributed by atoms with Gasteiger partial charge in [-0.05, 0) is 60.5 Å². The molecule has 1 N–H and O–H groups in total. The molecule has 6 heteroatoms. The van der Waals surface area contributed by atoms with Crippen LogP contribution in [0.15, 0.2) is 30.3 Å². The second-order valence-corrected chi connectivity index (χ2v) is 9.75. The molecule has 1 aliphatic carbocycles. The van der Waals surface area contributed by atoms with E-state index in [4.69, 9.17) is 11.6 Å². The summed E-state index contributed by atoms with van der Waals surface area (Å²) >= 11 is 6.14. The molecular formula is C22H28ClFN4. The highest BCUT2D eigenvalue weighted by Gasteiger charge is 2.55. The molecule has 0 amide bonds. The zero-order valence-electron chi connectivity index (χ0n) is 16.8. The topological polar surface area (TPSA) is 41.0 Å². The number of rotatable bonds is 6. The highest BCUT2D eigenvalue weighted by molar-refractivity contribution is 6.33. The van der Waals surface area contributed by atoms with Gasteiger partial charge in [0.05, 0.1) is 16.4 Å². The molecule has 2 aromatic rings. The summed E-state index contributed by atoms with van der Waals surface area (Å²) in [7, 11) is 0. The molecule has 1 aromatic carbocycles. The van der Waals surface area contributed by atoms with E-state index in [-0.39, 0.29) is 5.82 Å². The van der Waals surface area contributed by atoms with Gasteiger partial charge in [-0.25, -0.2) is 4.39 Å². The zero-order chi connectivity index (χ0) is 19.9. The van der Waals surface area contributed by atoms with Crippen molar-refractivity contribution in [1.82, 2.24) is 20.4 Å². The number of fused-ring (bicyclic) bond motifs is 1. The van der Waals surface area contributed by atoms with E-state index in [1.54, 1.807) is 6.07 Å². The summed E-state index contributed by atoms with van der Waals surface area (Å²) in [6.07, 6.45) is 1.25. The molecular weight excluding hydrogens is 375 g/mol. The van der Waals surface area contributed by atoms with Crippen LogP contribution in [0.4, 0.5) is 4.39 Å². The third-order valence-electron chi connectivity index (χ3n) is 5.89. The molecule has 0 bridgehead atoms. The third kappa shape index (κ3) is 4.53. The maximum absolute atomic E-state index is 13.5. The molecule has 150 valence electrons. The summed E-state index contributed by atoms with van der Waals surface area (Å²) in [5.74, 6) is 1.22. The Hall–Kier alpha value is -1.56. The molecule has 1 saturated carbocycles. The van der Waals surface area contributed by atoms with Gasteiger partial charge < -0.3 is 10.2 Å². The van der Waals surface area contributed by atoms with Gasteiger partial charge in [0.15, 0.2) is 0 Å². The molecule has 1 saturated heterocycles. The Bertz CT molecular complexity index is 821. The van der Waals surface area contributed by atoms with Crippen molar-refractivity contribution in [1.29, 1.82) is 0 Å². The van der Waals surface area contributed by atoms with Crippen LogP contribution in [-0.4, -0.2) is 40.8 Å². The summed E-state index contributed by atoms with van der Waals surface area (Å²) in [5, 5.41) is 12.6. The normalized spacial score (nSPS) is 24.4. The quantitative estimate of drug-likeness (QED) is 0.777. The van der Waals surface area contributed by atoms with Crippen molar-refractivity contribution >= 4 is 11.6 Å². The lowest BCUT2D eigenvalue weighted by atomic mass is 9.92. The summed E-state index contributed by atoms with van der Waals surface area (Å²) < 4.78 is 13.5. The SMILES string of the molecule is CC(C)(C)CCN1C[C@@H]2[C@H](C1)[C@@H]2NCc1ccc(-c2cc(F)ccc2Cl)nn1. The summed E-state index contributed by atoms with van der Waals surface area (Å²) in [6, 6.07) is 8.66. The predicted octanol–water partition coefficient (Wildman–Crippen LogP) is 4.39. The maximum atomic E-state index is 13.5. The summed E-state index contributed by atoms with van der Waals surface area (Å²) in [4.78, 5) is 2.61. The Balaban J connectivity index is 1.26. The van der Waals surface area contributed by atoms with Gasteiger partial charge in [-0.2, -0.15) is 10.2 Å². The van der Waals surface area contributed by atoms with Crippen LogP contribution >= 0.6 is 11.6 Å². The van der Waals surface area contributed by atoms with Gasteiger partial charge in [0.25, 0.3) is 0 Å². The van der Waals surface area contributed by atoms with E-state index < -0.39 is 0 Å². The molecule has 0 radical (unpaired) electrons. The van der Waals surface area contributed by atoms with E-state index in [1.807, 2.05) is 12.1 Å². The Morgan fingerprint density at radius 2 is 1.89 bits per heavy atom. The Kier molecular flexibility index (Phi) is 5.43. The second-order valence-electron chi connectivity index (χ2n) is 9.34. The molecule has 0 spiro atoms. The van der Waals surface area contributed by atoms with E-state index in [0.29, 0.717) is 34.3 Å². The van der Waals surface area contributed by atoms with Crippen LogP contribution in [-0.2, 0) is 6.54 Å². The molecule has 4 rings (SSSR count). The van der Waals surface area contributed by atoms with E-state index in [1.165, 1.54) is 38.2 Å². The lowest BCUT2D eigenvalue weighted by molar-refractivity contribution is 0.239. The molecule has 0 unspecified atom stereocenters. The van der Waals surface area contributed by atoms with Crippen LogP contribution in [0.5, 0.6) is 0 Å². The third-order valence-corrected chi connectivity index (χ3v) is 6.22. The van der Waals surface area contributed by atoms with Gasteiger partial charge >= 0.3 is 0 Å². The van der Waals surface area contributed by atoms with Crippen molar-refractivity contribution in [2.24, 2.45) is 17.3 Å². The zero-order valence-corrected chi connectivity index (χ0v) is 17.5. The molecule has 3 atom stereocenters. The largest absolute Gasteiger partial charge is 0.308 e. The Morgan fingerprint density at radius 1 is 1.14 bits per heavy atom. The Labute approximate surface area is 171 Å². The first-order valence-electron chi connectivity index (χ1n) is 10.0. The van der Waals surface area contributed by atoms with Crippen LogP contribution in [0, 0.1) is 23.1 Å². The number of piperidine rings is 1. The summed E-state index contributed by atoms with van der Waals surface area (Å²) in [5.41, 5.74) is 2.46. The highest BCUT2D eigenvalue weighted by atomic mass is 35.5. The fraction of sp³-hybridized carbons (Fsp3) is 0.545. The number of hydrogen-bond donors (Lipinski definition) is 1. The second kappa shape index (κ2) is 7.69. The number of halogens is 2. The number of benzene rings is 1. The van der Waals surface area contributed by atoms with E-state index in [0.717, 1.165) is 17.5 Å². The number of nitrogens with zero attached hydrogens (tertiary/aromatic N) is 3. The van der Waals surface area contributed by atoms with Crippen molar-refractivity contribution in [2.45, 2.75) is 39.8 Å².